The molecular weight excluding hydrogens is 303 g/mol. The smallest absolute Gasteiger partial charge is 0.404 e. The Morgan fingerprint density at radius 1 is 1.14 bits per heavy atom. The third-order valence-corrected chi connectivity index (χ3v) is 4.24. The van der Waals surface area contributed by atoms with Crippen LogP contribution in [0.5, 0.6) is 0 Å². The van der Waals surface area contributed by atoms with Crippen molar-refractivity contribution in [2.75, 3.05) is 13.2 Å². The van der Waals surface area contributed by atoms with Gasteiger partial charge in [0, 0.05) is 12.0 Å². The third kappa shape index (κ3) is 6.56. The van der Waals surface area contributed by atoms with Gasteiger partial charge in [0.05, 0.1) is 13.2 Å². The van der Waals surface area contributed by atoms with Crippen molar-refractivity contribution in [3.05, 3.63) is 42.0 Å². The molecule has 0 heterocycles. The van der Waals surface area contributed by atoms with Crippen LogP contribution in [0.15, 0.2) is 36.4 Å². The molecule has 122 valence electrons. The van der Waals surface area contributed by atoms with Gasteiger partial charge in [-0.05, 0) is 33.3 Å². The van der Waals surface area contributed by atoms with Crippen LogP contribution in [0.4, 0.5) is 0 Å². The Balaban J connectivity index is 2.99. The second-order valence-electron chi connectivity index (χ2n) is 4.55. The molecule has 0 saturated heterocycles. The first-order valence-corrected chi connectivity index (χ1v) is 8.80. The van der Waals surface area contributed by atoms with E-state index in [9.17, 15) is 9.36 Å². The van der Waals surface area contributed by atoms with E-state index in [1.807, 2.05) is 30.3 Å². The number of carbonyl (C=O) groups is 1. The molecular formula is C16H23O5P. The lowest BCUT2D eigenvalue weighted by atomic mass is 10.1. The van der Waals surface area contributed by atoms with Crippen LogP contribution in [-0.4, -0.2) is 19.0 Å². The third-order valence-electron chi connectivity index (χ3n) is 2.67. The second-order valence-corrected chi connectivity index (χ2v) is 6.14. The van der Waals surface area contributed by atoms with Crippen molar-refractivity contribution < 1.29 is 22.9 Å². The average molecular weight is 326 g/mol. The molecule has 0 unspecified atom stereocenters. The van der Waals surface area contributed by atoms with E-state index in [2.05, 4.69) is 0 Å². The fourth-order valence-corrected chi connectivity index (χ4v) is 2.98. The van der Waals surface area contributed by atoms with Crippen LogP contribution in [0.3, 0.4) is 0 Å². The molecule has 6 heteroatoms. The predicted octanol–water partition coefficient (Wildman–Crippen LogP) is 4.59. The largest absolute Gasteiger partial charge is 0.530 e. The van der Waals surface area contributed by atoms with Gasteiger partial charge >= 0.3 is 7.82 Å². The summed E-state index contributed by atoms with van der Waals surface area (Å²) >= 11 is 0. The zero-order valence-electron chi connectivity index (χ0n) is 13.3. The Morgan fingerprint density at radius 3 is 2.23 bits per heavy atom. The number of benzene rings is 1. The molecule has 0 fully saturated rings. The Labute approximate surface area is 131 Å². The summed E-state index contributed by atoms with van der Waals surface area (Å²) in [6.45, 7) is 5.40. The molecule has 0 bridgehead atoms. The lowest BCUT2D eigenvalue weighted by Gasteiger charge is -2.19. The van der Waals surface area contributed by atoms with Gasteiger partial charge in [0.15, 0.2) is 0 Å². The van der Waals surface area contributed by atoms with Crippen molar-refractivity contribution in [1.82, 2.24) is 0 Å². The number of rotatable bonds is 10. The van der Waals surface area contributed by atoms with Gasteiger partial charge < -0.3 is 9.32 Å². The molecule has 0 radical (unpaired) electrons. The standard InChI is InChI=1S/C16H23O5P/c1-4-19-22(18,20-5-2)21-16(13-9-10-14(3)17)15-11-7-6-8-12-15/h6-8,11-13H,4-5,9-10H2,1-3H3/b16-13-. The zero-order valence-corrected chi connectivity index (χ0v) is 14.2. The minimum absolute atomic E-state index is 0.0847. The summed E-state index contributed by atoms with van der Waals surface area (Å²) in [7, 11) is -3.66. The normalized spacial score (nSPS) is 12.2. The number of phosphoric ester groups is 1. The summed E-state index contributed by atoms with van der Waals surface area (Å²) in [6, 6.07) is 9.25. The van der Waals surface area contributed by atoms with Crippen molar-refractivity contribution >= 4 is 19.4 Å². The zero-order chi connectivity index (χ0) is 16.4. The molecule has 0 atom stereocenters. The maximum absolute atomic E-state index is 12.5. The van der Waals surface area contributed by atoms with E-state index in [1.54, 1.807) is 19.9 Å². The molecule has 0 amide bonds. The molecule has 0 spiro atoms. The average Bonchev–Trinajstić information content (AvgIpc) is 2.47. The van der Waals surface area contributed by atoms with Crippen molar-refractivity contribution in [2.24, 2.45) is 0 Å². The summed E-state index contributed by atoms with van der Waals surface area (Å²) in [4.78, 5) is 11.1. The van der Waals surface area contributed by atoms with E-state index in [1.165, 1.54) is 6.92 Å². The summed E-state index contributed by atoms with van der Waals surface area (Å²) < 4.78 is 28.4. The maximum Gasteiger partial charge on any atom is 0.530 e. The molecule has 0 aromatic heterocycles. The van der Waals surface area contributed by atoms with Gasteiger partial charge in [-0.1, -0.05) is 30.3 Å². The molecule has 5 nitrogen and oxygen atoms in total. The molecule has 22 heavy (non-hydrogen) atoms. The first kappa shape index (κ1) is 18.6. The van der Waals surface area contributed by atoms with Crippen molar-refractivity contribution in [3.63, 3.8) is 0 Å². The molecule has 0 N–H and O–H groups in total. The highest BCUT2D eigenvalue weighted by atomic mass is 31.2. The number of hydrogen-bond donors (Lipinski definition) is 0. The quantitative estimate of drug-likeness (QED) is 0.465. The van der Waals surface area contributed by atoms with Crippen LogP contribution in [0.1, 0.15) is 39.2 Å². The Hall–Kier alpha value is -1.42. The van der Waals surface area contributed by atoms with Crippen LogP contribution in [-0.2, 0) is 22.9 Å². The molecule has 0 aliphatic carbocycles. The highest BCUT2D eigenvalue weighted by Gasteiger charge is 2.28. The number of carbonyl (C=O) groups excluding carboxylic acids is 1. The van der Waals surface area contributed by atoms with Crippen molar-refractivity contribution in [3.8, 4) is 0 Å². The van der Waals surface area contributed by atoms with Gasteiger partial charge in [-0.3, -0.25) is 9.05 Å². The topological polar surface area (TPSA) is 61.8 Å². The van der Waals surface area contributed by atoms with Gasteiger partial charge in [0.25, 0.3) is 0 Å². The van der Waals surface area contributed by atoms with Crippen LogP contribution in [0.2, 0.25) is 0 Å². The first-order valence-electron chi connectivity index (χ1n) is 7.34. The molecule has 0 saturated carbocycles. The Bertz CT molecular complexity index is 529. The van der Waals surface area contributed by atoms with Gasteiger partial charge in [-0.25, -0.2) is 4.57 Å². The number of hydrogen-bond acceptors (Lipinski definition) is 5. The fourth-order valence-electron chi connectivity index (χ4n) is 1.74. The lowest BCUT2D eigenvalue weighted by Crippen LogP contribution is -2.00. The van der Waals surface area contributed by atoms with E-state index in [0.717, 1.165) is 5.56 Å². The van der Waals surface area contributed by atoms with Gasteiger partial charge in [-0.2, -0.15) is 0 Å². The van der Waals surface area contributed by atoms with Gasteiger partial charge in [0.2, 0.25) is 0 Å². The second kappa shape index (κ2) is 9.57. The van der Waals surface area contributed by atoms with Crippen molar-refractivity contribution in [2.45, 2.75) is 33.6 Å². The number of Topliss-reactive ketones (excluding diaryl/α,β-unsaturated/α-hetero) is 1. The lowest BCUT2D eigenvalue weighted by molar-refractivity contribution is -0.116. The molecule has 1 aromatic carbocycles. The SMILES string of the molecule is CCOP(=O)(OCC)O/C(=C\CCC(C)=O)c1ccccc1. The molecule has 0 aliphatic rings. The van der Waals surface area contributed by atoms with E-state index >= 15 is 0 Å². The molecule has 1 rings (SSSR count). The van der Waals surface area contributed by atoms with Crippen LogP contribution in [0.25, 0.3) is 5.76 Å². The van der Waals surface area contributed by atoms with Crippen LogP contribution < -0.4 is 0 Å². The van der Waals surface area contributed by atoms with Crippen LogP contribution in [0, 0.1) is 0 Å². The predicted molar refractivity (Wildman–Crippen MR) is 86.3 cm³/mol. The van der Waals surface area contributed by atoms with Crippen LogP contribution >= 0.6 is 7.82 Å². The van der Waals surface area contributed by atoms with E-state index in [4.69, 9.17) is 13.6 Å². The molecule has 1 aromatic rings. The number of ketones is 1. The van der Waals surface area contributed by atoms with E-state index < -0.39 is 7.82 Å². The summed E-state index contributed by atoms with van der Waals surface area (Å²) in [5, 5.41) is 0. The van der Waals surface area contributed by atoms with Gasteiger partial charge in [-0.15, -0.1) is 0 Å². The van der Waals surface area contributed by atoms with E-state index in [-0.39, 0.29) is 19.0 Å². The molecule has 0 aliphatic heterocycles. The summed E-state index contributed by atoms with van der Waals surface area (Å²) in [6.07, 6.45) is 2.63. The monoisotopic (exact) mass is 326 g/mol. The number of allylic oxidation sites excluding steroid dienone is 1. The Morgan fingerprint density at radius 2 is 1.73 bits per heavy atom. The maximum atomic E-state index is 12.5. The summed E-state index contributed by atoms with van der Waals surface area (Å²) in [5.74, 6) is 0.480. The van der Waals surface area contributed by atoms with E-state index in [0.29, 0.717) is 18.6 Å². The van der Waals surface area contributed by atoms with Gasteiger partial charge in [0.1, 0.15) is 11.5 Å². The fraction of sp³-hybridized carbons (Fsp3) is 0.438. The minimum Gasteiger partial charge on any atom is -0.404 e. The highest BCUT2D eigenvalue weighted by Crippen LogP contribution is 2.52. The highest BCUT2D eigenvalue weighted by molar-refractivity contribution is 7.48. The summed E-state index contributed by atoms with van der Waals surface area (Å²) in [5.41, 5.74) is 0.755. The minimum atomic E-state index is -3.66. The van der Waals surface area contributed by atoms with Crippen molar-refractivity contribution in [1.29, 1.82) is 0 Å². The first-order chi connectivity index (χ1) is 10.5. The number of phosphoric acid groups is 1. The Kier molecular flexibility index (Phi) is 8.10.